The number of methoxy groups -OCH3 is 1. The molecule has 1 amide bonds. The van der Waals surface area contributed by atoms with Crippen molar-refractivity contribution in [2.24, 2.45) is 5.10 Å². The fourth-order valence-electron chi connectivity index (χ4n) is 1.78. The van der Waals surface area contributed by atoms with Crippen LogP contribution in [0.2, 0.25) is 5.02 Å². The maximum atomic E-state index is 11.7. The molecule has 0 aromatic heterocycles. The van der Waals surface area contributed by atoms with E-state index in [1.54, 1.807) is 31.4 Å². The molecule has 0 aliphatic rings. The van der Waals surface area contributed by atoms with Crippen LogP contribution in [0.3, 0.4) is 0 Å². The van der Waals surface area contributed by atoms with E-state index in [9.17, 15) is 4.79 Å². The molecule has 1 N–H and O–H groups in total. The molecule has 0 saturated carbocycles. The highest BCUT2D eigenvalue weighted by molar-refractivity contribution is 9.11. The SMILES string of the molecule is COc1c(Br)cc(Br)cc1C=NNC(=O)COc1ccc(Cl)cc1. The molecule has 0 unspecified atom stereocenters. The third-order valence-corrected chi connectivity index (χ3v) is 4.12. The number of halogens is 3. The van der Waals surface area contributed by atoms with E-state index in [1.807, 2.05) is 12.1 Å². The summed E-state index contributed by atoms with van der Waals surface area (Å²) in [6, 6.07) is 10.4. The van der Waals surface area contributed by atoms with Gasteiger partial charge in [0.2, 0.25) is 0 Å². The Bertz CT molecular complexity index is 752. The summed E-state index contributed by atoms with van der Waals surface area (Å²) in [5.74, 6) is 0.791. The first-order valence-corrected chi connectivity index (χ1v) is 8.69. The molecule has 0 spiro atoms. The van der Waals surface area contributed by atoms with E-state index >= 15 is 0 Å². The molecule has 126 valence electrons. The van der Waals surface area contributed by atoms with Crippen molar-refractivity contribution in [3.05, 3.63) is 55.9 Å². The van der Waals surface area contributed by atoms with Gasteiger partial charge in [0.1, 0.15) is 11.5 Å². The summed E-state index contributed by atoms with van der Waals surface area (Å²) >= 11 is 12.6. The van der Waals surface area contributed by atoms with Gasteiger partial charge in [-0.05, 0) is 52.3 Å². The van der Waals surface area contributed by atoms with Crippen LogP contribution in [0.1, 0.15) is 5.56 Å². The van der Waals surface area contributed by atoms with Crippen molar-refractivity contribution in [2.45, 2.75) is 0 Å². The molecule has 2 rings (SSSR count). The summed E-state index contributed by atoms with van der Waals surface area (Å²) in [4.78, 5) is 11.7. The second kappa shape index (κ2) is 9.05. The zero-order valence-electron chi connectivity index (χ0n) is 12.6. The largest absolute Gasteiger partial charge is 0.495 e. The molecule has 0 fully saturated rings. The molecule has 0 atom stereocenters. The molecule has 0 saturated heterocycles. The molecular formula is C16H13Br2ClN2O3. The van der Waals surface area contributed by atoms with Gasteiger partial charge in [0.15, 0.2) is 6.61 Å². The van der Waals surface area contributed by atoms with Gasteiger partial charge in [-0.1, -0.05) is 27.5 Å². The van der Waals surface area contributed by atoms with Gasteiger partial charge in [0, 0.05) is 15.1 Å². The van der Waals surface area contributed by atoms with Crippen molar-refractivity contribution in [1.29, 1.82) is 0 Å². The Morgan fingerprint density at radius 3 is 2.67 bits per heavy atom. The van der Waals surface area contributed by atoms with Crippen LogP contribution in [-0.4, -0.2) is 25.8 Å². The minimum atomic E-state index is -0.380. The van der Waals surface area contributed by atoms with Crippen molar-refractivity contribution in [2.75, 3.05) is 13.7 Å². The molecule has 2 aromatic carbocycles. The third-order valence-electron chi connectivity index (χ3n) is 2.82. The minimum Gasteiger partial charge on any atom is -0.495 e. The number of carbonyl (C=O) groups excluding carboxylic acids is 1. The number of carbonyl (C=O) groups is 1. The maximum absolute atomic E-state index is 11.7. The lowest BCUT2D eigenvalue weighted by molar-refractivity contribution is -0.123. The Hall–Kier alpha value is -1.57. The lowest BCUT2D eigenvalue weighted by Gasteiger charge is -2.08. The topological polar surface area (TPSA) is 59.9 Å². The molecular weight excluding hydrogens is 463 g/mol. The maximum Gasteiger partial charge on any atom is 0.277 e. The summed E-state index contributed by atoms with van der Waals surface area (Å²) in [6.45, 7) is -0.154. The van der Waals surface area contributed by atoms with Crippen molar-refractivity contribution >= 4 is 55.6 Å². The number of hydrogen-bond acceptors (Lipinski definition) is 4. The van der Waals surface area contributed by atoms with Gasteiger partial charge in [-0.2, -0.15) is 5.10 Å². The van der Waals surface area contributed by atoms with Crippen molar-refractivity contribution < 1.29 is 14.3 Å². The molecule has 5 nitrogen and oxygen atoms in total. The number of amides is 1. The van der Waals surface area contributed by atoms with Crippen LogP contribution in [0.5, 0.6) is 11.5 Å². The average molecular weight is 477 g/mol. The summed E-state index contributed by atoms with van der Waals surface area (Å²) in [5, 5.41) is 4.51. The normalized spacial score (nSPS) is 10.7. The number of hydrogen-bond donors (Lipinski definition) is 1. The highest BCUT2D eigenvalue weighted by Crippen LogP contribution is 2.31. The van der Waals surface area contributed by atoms with Crippen LogP contribution in [0.15, 0.2) is 50.4 Å². The lowest BCUT2D eigenvalue weighted by Crippen LogP contribution is -2.24. The van der Waals surface area contributed by atoms with E-state index in [2.05, 4.69) is 42.4 Å². The number of benzene rings is 2. The smallest absolute Gasteiger partial charge is 0.277 e. The monoisotopic (exact) mass is 474 g/mol. The zero-order chi connectivity index (χ0) is 17.5. The first kappa shape index (κ1) is 18.8. The van der Waals surface area contributed by atoms with Crippen molar-refractivity contribution in [3.63, 3.8) is 0 Å². The van der Waals surface area contributed by atoms with E-state index in [0.29, 0.717) is 22.1 Å². The Kier molecular flexibility index (Phi) is 7.08. The van der Waals surface area contributed by atoms with Crippen LogP contribution in [0.4, 0.5) is 0 Å². The first-order valence-electron chi connectivity index (χ1n) is 6.73. The van der Waals surface area contributed by atoms with Gasteiger partial charge in [-0.25, -0.2) is 5.43 Å². The Labute approximate surface area is 161 Å². The molecule has 0 heterocycles. The standard InChI is InChI=1S/C16H13Br2ClN2O3/c1-23-16-10(6-11(17)7-14(16)18)8-20-21-15(22)9-24-13-4-2-12(19)3-5-13/h2-8H,9H2,1H3,(H,21,22). The van der Waals surface area contributed by atoms with Crippen molar-refractivity contribution in [3.8, 4) is 11.5 Å². The Morgan fingerprint density at radius 2 is 2.00 bits per heavy atom. The molecule has 0 radical (unpaired) electrons. The molecule has 0 aliphatic carbocycles. The van der Waals surface area contributed by atoms with Crippen LogP contribution < -0.4 is 14.9 Å². The van der Waals surface area contributed by atoms with E-state index in [1.165, 1.54) is 6.21 Å². The quantitative estimate of drug-likeness (QED) is 0.497. The van der Waals surface area contributed by atoms with Gasteiger partial charge < -0.3 is 9.47 Å². The lowest BCUT2D eigenvalue weighted by atomic mass is 10.2. The van der Waals surface area contributed by atoms with Gasteiger partial charge in [0.25, 0.3) is 5.91 Å². The fraction of sp³-hybridized carbons (Fsp3) is 0.125. The highest BCUT2D eigenvalue weighted by Gasteiger charge is 2.08. The van der Waals surface area contributed by atoms with Gasteiger partial charge in [-0.3, -0.25) is 4.79 Å². The second-order valence-electron chi connectivity index (χ2n) is 4.55. The molecule has 2 aromatic rings. The number of nitrogens with one attached hydrogen (secondary N) is 1. The summed E-state index contributed by atoms with van der Waals surface area (Å²) < 4.78 is 12.3. The van der Waals surface area contributed by atoms with Gasteiger partial charge in [-0.15, -0.1) is 0 Å². The van der Waals surface area contributed by atoms with E-state index < -0.39 is 0 Å². The molecule has 8 heteroatoms. The number of rotatable bonds is 6. The van der Waals surface area contributed by atoms with Gasteiger partial charge in [0.05, 0.1) is 17.8 Å². The minimum absolute atomic E-state index is 0.154. The fourth-order valence-corrected chi connectivity index (χ4v) is 3.32. The molecule has 24 heavy (non-hydrogen) atoms. The summed E-state index contributed by atoms with van der Waals surface area (Å²) in [7, 11) is 1.56. The predicted octanol–water partition coefficient (Wildman–Crippen LogP) is 4.40. The summed E-state index contributed by atoms with van der Waals surface area (Å²) in [5.41, 5.74) is 3.10. The summed E-state index contributed by atoms with van der Waals surface area (Å²) in [6.07, 6.45) is 1.49. The number of nitrogens with zero attached hydrogens (tertiary/aromatic N) is 1. The Balaban J connectivity index is 1.91. The second-order valence-corrected chi connectivity index (χ2v) is 6.75. The van der Waals surface area contributed by atoms with Gasteiger partial charge >= 0.3 is 0 Å². The number of hydrazone groups is 1. The zero-order valence-corrected chi connectivity index (χ0v) is 16.5. The predicted molar refractivity (Wildman–Crippen MR) is 101 cm³/mol. The van der Waals surface area contributed by atoms with Crippen molar-refractivity contribution in [1.82, 2.24) is 5.43 Å². The third kappa shape index (κ3) is 5.51. The van der Waals surface area contributed by atoms with E-state index in [-0.39, 0.29) is 12.5 Å². The Morgan fingerprint density at radius 1 is 1.29 bits per heavy atom. The van der Waals surface area contributed by atoms with Crippen LogP contribution in [0.25, 0.3) is 0 Å². The van der Waals surface area contributed by atoms with E-state index in [0.717, 1.165) is 8.95 Å². The average Bonchev–Trinajstić information content (AvgIpc) is 2.54. The van der Waals surface area contributed by atoms with E-state index in [4.69, 9.17) is 21.1 Å². The molecule has 0 aliphatic heterocycles. The van der Waals surface area contributed by atoms with Crippen LogP contribution >= 0.6 is 43.5 Å². The van der Waals surface area contributed by atoms with Crippen LogP contribution in [0, 0.1) is 0 Å². The number of ether oxygens (including phenoxy) is 2. The first-order chi connectivity index (χ1) is 11.5. The molecule has 0 bridgehead atoms. The van der Waals surface area contributed by atoms with Crippen LogP contribution in [-0.2, 0) is 4.79 Å². The highest BCUT2D eigenvalue weighted by atomic mass is 79.9.